The van der Waals surface area contributed by atoms with Crippen LogP contribution in [0.4, 0.5) is 11.4 Å². The number of nitrogens with two attached hydrogens (primary N) is 2. The van der Waals surface area contributed by atoms with Gasteiger partial charge in [-0.3, -0.25) is 9.69 Å². The van der Waals surface area contributed by atoms with Gasteiger partial charge in [0.2, 0.25) is 0 Å². The summed E-state index contributed by atoms with van der Waals surface area (Å²) in [5, 5.41) is 0. The Morgan fingerprint density at radius 3 is 2.62 bits per heavy atom. The second-order valence-corrected chi connectivity index (χ2v) is 6.12. The number of nitrogens with zero attached hydrogens (tertiary/aromatic N) is 2. The first-order chi connectivity index (χ1) is 10.1. The Kier molecular flexibility index (Phi) is 4.01. The van der Waals surface area contributed by atoms with Crippen molar-refractivity contribution in [1.82, 2.24) is 4.90 Å². The van der Waals surface area contributed by atoms with E-state index in [4.69, 9.17) is 11.5 Å². The minimum atomic E-state index is -0.457. The molecule has 1 unspecified atom stereocenters. The van der Waals surface area contributed by atoms with Gasteiger partial charge in [-0.05, 0) is 50.6 Å². The van der Waals surface area contributed by atoms with Crippen LogP contribution in [0.3, 0.4) is 0 Å². The van der Waals surface area contributed by atoms with E-state index in [0.29, 0.717) is 17.3 Å². The molecule has 2 aliphatic heterocycles. The lowest BCUT2D eigenvalue weighted by Gasteiger charge is -2.32. The molecule has 2 fully saturated rings. The van der Waals surface area contributed by atoms with Gasteiger partial charge in [0.1, 0.15) is 0 Å². The highest BCUT2D eigenvalue weighted by Crippen LogP contribution is 2.27. The minimum absolute atomic E-state index is 0.425. The molecule has 0 bridgehead atoms. The number of carbonyl (C=O) groups is 1. The molecule has 1 atom stereocenters. The molecule has 5 nitrogen and oxygen atoms in total. The second kappa shape index (κ2) is 5.93. The molecule has 0 spiro atoms. The van der Waals surface area contributed by atoms with E-state index in [2.05, 4.69) is 9.80 Å². The molecule has 1 amide bonds. The molecule has 5 heteroatoms. The van der Waals surface area contributed by atoms with Crippen molar-refractivity contribution in [3.05, 3.63) is 23.8 Å². The normalized spacial score (nSPS) is 23.4. The van der Waals surface area contributed by atoms with E-state index >= 15 is 0 Å². The van der Waals surface area contributed by atoms with Crippen molar-refractivity contribution < 1.29 is 4.79 Å². The van der Waals surface area contributed by atoms with E-state index in [1.807, 2.05) is 12.1 Å². The maximum atomic E-state index is 11.4. The fourth-order valence-corrected chi connectivity index (χ4v) is 3.51. The van der Waals surface area contributed by atoms with E-state index in [0.717, 1.165) is 18.8 Å². The van der Waals surface area contributed by atoms with E-state index < -0.39 is 5.91 Å². The third-order valence-electron chi connectivity index (χ3n) is 4.74. The Bertz CT molecular complexity index is 525. The molecule has 0 aliphatic carbocycles. The van der Waals surface area contributed by atoms with Gasteiger partial charge < -0.3 is 16.4 Å². The summed E-state index contributed by atoms with van der Waals surface area (Å²) in [6, 6.07) is 6.24. The SMILES string of the molecule is NC(=O)c1cc(N2CCC(N3CCCCC3)C2)ccc1N. The Hall–Kier alpha value is -1.75. The predicted octanol–water partition coefficient (Wildman–Crippen LogP) is 1.43. The zero-order valence-corrected chi connectivity index (χ0v) is 12.4. The van der Waals surface area contributed by atoms with Crippen LogP contribution in [0.25, 0.3) is 0 Å². The topological polar surface area (TPSA) is 75.6 Å². The van der Waals surface area contributed by atoms with Gasteiger partial charge in [-0.1, -0.05) is 6.42 Å². The van der Waals surface area contributed by atoms with E-state index in [1.165, 1.54) is 38.8 Å². The van der Waals surface area contributed by atoms with Crippen LogP contribution < -0.4 is 16.4 Å². The van der Waals surface area contributed by atoms with Crippen molar-refractivity contribution in [2.75, 3.05) is 36.8 Å². The van der Waals surface area contributed by atoms with Crippen LogP contribution in [0.5, 0.6) is 0 Å². The van der Waals surface area contributed by atoms with Crippen LogP contribution in [0.1, 0.15) is 36.0 Å². The van der Waals surface area contributed by atoms with Gasteiger partial charge in [-0.2, -0.15) is 0 Å². The van der Waals surface area contributed by atoms with Gasteiger partial charge in [0.05, 0.1) is 5.56 Å². The quantitative estimate of drug-likeness (QED) is 0.825. The fraction of sp³-hybridized carbons (Fsp3) is 0.562. The van der Waals surface area contributed by atoms with Crippen LogP contribution in [0.2, 0.25) is 0 Å². The fourth-order valence-electron chi connectivity index (χ4n) is 3.51. The summed E-state index contributed by atoms with van der Waals surface area (Å²) >= 11 is 0. The maximum Gasteiger partial charge on any atom is 0.250 e. The first kappa shape index (κ1) is 14.2. The van der Waals surface area contributed by atoms with Crippen molar-refractivity contribution in [3.63, 3.8) is 0 Å². The Morgan fingerprint density at radius 1 is 1.14 bits per heavy atom. The number of carbonyl (C=O) groups excluding carboxylic acids is 1. The van der Waals surface area contributed by atoms with Crippen molar-refractivity contribution in [1.29, 1.82) is 0 Å². The molecule has 2 heterocycles. The highest BCUT2D eigenvalue weighted by atomic mass is 16.1. The number of amides is 1. The van der Waals surface area contributed by atoms with Crippen LogP contribution in [-0.2, 0) is 0 Å². The number of rotatable bonds is 3. The van der Waals surface area contributed by atoms with Gasteiger partial charge in [0.25, 0.3) is 5.91 Å². The average molecular weight is 288 g/mol. The molecule has 2 aliphatic rings. The van der Waals surface area contributed by atoms with E-state index in [1.54, 1.807) is 6.07 Å². The number of hydrogen-bond donors (Lipinski definition) is 2. The molecule has 2 saturated heterocycles. The number of anilines is 2. The lowest BCUT2D eigenvalue weighted by molar-refractivity contribution is 0.100. The second-order valence-electron chi connectivity index (χ2n) is 6.12. The monoisotopic (exact) mass is 288 g/mol. The third-order valence-corrected chi connectivity index (χ3v) is 4.74. The molecule has 0 saturated carbocycles. The summed E-state index contributed by atoms with van der Waals surface area (Å²) in [6.07, 6.45) is 5.21. The van der Waals surface area contributed by atoms with Crippen LogP contribution in [-0.4, -0.2) is 43.0 Å². The molecule has 4 N–H and O–H groups in total. The Morgan fingerprint density at radius 2 is 1.90 bits per heavy atom. The summed E-state index contributed by atoms with van der Waals surface area (Å²) in [7, 11) is 0. The number of benzene rings is 1. The third kappa shape index (κ3) is 2.97. The number of primary amides is 1. The van der Waals surface area contributed by atoms with Gasteiger partial charge in [-0.15, -0.1) is 0 Å². The van der Waals surface area contributed by atoms with Crippen LogP contribution in [0, 0.1) is 0 Å². The largest absolute Gasteiger partial charge is 0.398 e. The average Bonchev–Trinajstić information content (AvgIpc) is 2.98. The van der Waals surface area contributed by atoms with Gasteiger partial charge in [0.15, 0.2) is 0 Å². The zero-order valence-electron chi connectivity index (χ0n) is 12.4. The number of likely N-dealkylation sites (tertiary alicyclic amines) is 1. The molecular weight excluding hydrogens is 264 g/mol. The maximum absolute atomic E-state index is 11.4. The Labute approximate surface area is 125 Å². The van der Waals surface area contributed by atoms with Crippen molar-refractivity contribution >= 4 is 17.3 Å². The first-order valence-corrected chi connectivity index (χ1v) is 7.83. The molecule has 3 rings (SSSR count). The number of piperidine rings is 1. The molecule has 114 valence electrons. The molecular formula is C16H24N4O. The van der Waals surface area contributed by atoms with Gasteiger partial charge in [-0.25, -0.2) is 0 Å². The molecule has 0 aromatic heterocycles. The molecule has 1 aromatic rings. The number of hydrogen-bond acceptors (Lipinski definition) is 4. The highest BCUT2D eigenvalue weighted by Gasteiger charge is 2.28. The highest BCUT2D eigenvalue weighted by molar-refractivity contribution is 5.99. The van der Waals surface area contributed by atoms with Crippen LogP contribution >= 0.6 is 0 Å². The van der Waals surface area contributed by atoms with E-state index in [-0.39, 0.29) is 0 Å². The molecule has 0 radical (unpaired) electrons. The number of nitrogen functional groups attached to an aromatic ring is 1. The van der Waals surface area contributed by atoms with Crippen molar-refractivity contribution in [2.45, 2.75) is 31.7 Å². The predicted molar refractivity (Wildman–Crippen MR) is 85.4 cm³/mol. The molecule has 1 aromatic carbocycles. The zero-order chi connectivity index (χ0) is 14.8. The molecule has 21 heavy (non-hydrogen) atoms. The van der Waals surface area contributed by atoms with Crippen molar-refractivity contribution in [2.24, 2.45) is 5.73 Å². The first-order valence-electron chi connectivity index (χ1n) is 7.83. The summed E-state index contributed by atoms with van der Waals surface area (Å²) < 4.78 is 0. The van der Waals surface area contributed by atoms with Gasteiger partial charge in [0, 0.05) is 30.5 Å². The standard InChI is InChI=1S/C16H24N4O/c17-15-5-4-12(10-14(15)16(18)21)20-9-6-13(11-20)19-7-2-1-3-8-19/h4-5,10,13H,1-3,6-9,11,17H2,(H2,18,21). The lowest BCUT2D eigenvalue weighted by Crippen LogP contribution is -2.40. The summed E-state index contributed by atoms with van der Waals surface area (Å²) in [6.45, 7) is 4.52. The summed E-state index contributed by atoms with van der Waals surface area (Å²) in [4.78, 5) is 16.4. The van der Waals surface area contributed by atoms with Gasteiger partial charge >= 0.3 is 0 Å². The Balaban J connectivity index is 1.71. The minimum Gasteiger partial charge on any atom is -0.398 e. The van der Waals surface area contributed by atoms with E-state index in [9.17, 15) is 4.79 Å². The van der Waals surface area contributed by atoms with Crippen molar-refractivity contribution in [3.8, 4) is 0 Å². The summed E-state index contributed by atoms with van der Waals surface area (Å²) in [5.74, 6) is -0.457. The summed E-state index contributed by atoms with van der Waals surface area (Å²) in [5.41, 5.74) is 13.1. The van der Waals surface area contributed by atoms with Crippen LogP contribution in [0.15, 0.2) is 18.2 Å². The smallest absolute Gasteiger partial charge is 0.250 e. The lowest BCUT2D eigenvalue weighted by atomic mass is 10.1.